The molecule has 2 rings (SSSR count). The highest BCUT2D eigenvalue weighted by Crippen LogP contribution is 2.02. The lowest BCUT2D eigenvalue weighted by Crippen LogP contribution is -2.44. The molecular formula is C17H28ClNO8. The number of carbonyl (C=O) groups is 4. The molecule has 2 saturated heterocycles. The highest BCUT2D eigenvalue weighted by molar-refractivity contribution is 6.80. The second-order valence-electron chi connectivity index (χ2n) is 5.29. The van der Waals surface area contributed by atoms with Gasteiger partial charge in [0, 0.05) is 26.3 Å². The molecule has 0 radical (unpaired) electrons. The molecule has 1 amide bonds. The van der Waals surface area contributed by atoms with Crippen LogP contribution in [-0.2, 0) is 38.1 Å². The number of rotatable bonds is 3. The van der Waals surface area contributed by atoms with Crippen molar-refractivity contribution in [3.8, 4) is 0 Å². The van der Waals surface area contributed by atoms with E-state index in [0.29, 0.717) is 26.3 Å². The molecule has 9 nitrogen and oxygen atoms in total. The van der Waals surface area contributed by atoms with Crippen LogP contribution in [-0.4, -0.2) is 80.7 Å². The molecule has 156 valence electrons. The number of carbonyl (C=O) groups excluding carboxylic acids is 4. The predicted molar refractivity (Wildman–Crippen MR) is 96.2 cm³/mol. The highest BCUT2D eigenvalue weighted by atomic mass is 35.5. The van der Waals surface area contributed by atoms with Gasteiger partial charge < -0.3 is 23.8 Å². The number of nitrogens with zero attached hydrogens (tertiary/aromatic N) is 1. The van der Waals surface area contributed by atoms with Crippen molar-refractivity contribution in [2.45, 2.75) is 33.1 Å². The molecule has 0 spiro atoms. The summed E-state index contributed by atoms with van der Waals surface area (Å²) in [6.07, 6.45) is 3.93. The average Bonchev–Trinajstić information content (AvgIpc) is 2.70. The lowest BCUT2D eigenvalue weighted by Gasteiger charge is -2.25. The van der Waals surface area contributed by atoms with Gasteiger partial charge in [-0.3, -0.25) is 9.59 Å². The fourth-order valence-corrected chi connectivity index (χ4v) is 2.02. The Hall–Kier alpha value is -1.71. The minimum atomic E-state index is -1.08. The van der Waals surface area contributed by atoms with E-state index in [9.17, 15) is 19.2 Å². The van der Waals surface area contributed by atoms with E-state index in [2.05, 4.69) is 9.47 Å². The van der Waals surface area contributed by atoms with Crippen LogP contribution in [0.1, 0.15) is 33.1 Å². The Balaban J connectivity index is 0.000000412. The lowest BCUT2D eigenvalue weighted by atomic mass is 10.2. The maximum absolute atomic E-state index is 11.3. The molecule has 27 heavy (non-hydrogen) atoms. The van der Waals surface area contributed by atoms with E-state index >= 15 is 0 Å². The summed E-state index contributed by atoms with van der Waals surface area (Å²) in [5.41, 5.74) is 0. The Labute approximate surface area is 164 Å². The minimum absolute atomic E-state index is 0.178. The van der Waals surface area contributed by atoms with E-state index in [4.69, 9.17) is 21.1 Å². The Kier molecular flexibility index (Phi) is 15.4. The zero-order valence-corrected chi connectivity index (χ0v) is 16.6. The smallest absolute Gasteiger partial charge is 0.397 e. The van der Waals surface area contributed by atoms with Crippen LogP contribution in [0, 0.1) is 0 Å². The topological polar surface area (TPSA) is 108 Å². The minimum Gasteiger partial charge on any atom is -0.459 e. The summed E-state index contributed by atoms with van der Waals surface area (Å²) in [5.74, 6) is -2.33. The summed E-state index contributed by atoms with van der Waals surface area (Å²) < 4.78 is 18.9. The van der Waals surface area contributed by atoms with E-state index in [1.807, 2.05) is 0 Å². The standard InChI is InChI=1S/C8H13NO4.C5H10O.C4H5ClO3/c1-2-13-8(11)7(10)9-3-5-12-6-4-9;1-2-4-6-5-3-1;1-2-8-4(7)3(5)6/h2-6H2,1H3;1-5H2;2H2,1H3. The zero-order valence-electron chi connectivity index (χ0n) is 15.9. The summed E-state index contributed by atoms with van der Waals surface area (Å²) in [7, 11) is 0. The Morgan fingerprint density at radius 1 is 0.815 bits per heavy atom. The third kappa shape index (κ3) is 13.2. The molecule has 0 aromatic carbocycles. The first-order chi connectivity index (χ1) is 12.9. The van der Waals surface area contributed by atoms with Crippen LogP contribution >= 0.6 is 11.6 Å². The fraction of sp³-hybridized carbons (Fsp3) is 0.765. The van der Waals surface area contributed by atoms with Crippen LogP contribution in [0.25, 0.3) is 0 Å². The fourth-order valence-electron chi connectivity index (χ4n) is 1.96. The van der Waals surface area contributed by atoms with Gasteiger partial charge in [-0.2, -0.15) is 0 Å². The molecule has 0 aromatic rings. The summed E-state index contributed by atoms with van der Waals surface area (Å²) in [6, 6.07) is 0. The largest absolute Gasteiger partial charge is 0.459 e. The van der Waals surface area contributed by atoms with Crippen molar-refractivity contribution in [3.05, 3.63) is 0 Å². The van der Waals surface area contributed by atoms with Crippen molar-refractivity contribution in [2.75, 3.05) is 52.7 Å². The third-order valence-electron chi connectivity index (χ3n) is 3.26. The van der Waals surface area contributed by atoms with E-state index in [1.54, 1.807) is 13.8 Å². The molecule has 2 fully saturated rings. The van der Waals surface area contributed by atoms with Crippen LogP contribution < -0.4 is 0 Å². The first kappa shape index (κ1) is 25.3. The van der Waals surface area contributed by atoms with Crippen LogP contribution in [0.4, 0.5) is 0 Å². The van der Waals surface area contributed by atoms with Crippen LogP contribution in [0.2, 0.25) is 0 Å². The summed E-state index contributed by atoms with van der Waals surface area (Å²) in [4.78, 5) is 43.6. The van der Waals surface area contributed by atoms with Crippen molar-refractivity contribution in [2.24, 2.45) is 0 Å². The average molecular weight is 410 g/mol. The summed E-state index contributed by atoms with van der Waals surface area (Å²) in [6.45, 7) is 7.60. The number of halogens is 1. The number of hydrogen-bond acceptors (Lipinski definition) is 8. The van der Waals surface area contributed by atoms with Crippen LogP contribution in [0.15, 0.2) is 0 Å². The number of amides is 1. The maximum Gasteiger partial charge on any atom is 0.397 e. The first-order valence-electron chi connectivity index (χ1n) is 8.92. The van der Waals surface area contributed by atoms with E-state index < -0.39 is 23.1 Å². The van der Waals surface area contributed by atoms with Crippen LogP contribution in [0.3, 0.4) is 0 Å². The normalized spacial score (nSPS) is 15.9. The van der Waals surface area contributed by atoms with Crippen molar-refractivity contribution < 1.29 is 38.1 Å². The van der Waals surface area contributed by atoms with Crippen molar-refractivity contribution >= 4 is 34.7 Å². The quantitative estimate of drug-likeness (QED) is 0.384. The number of esters is 2. The van der Waals surface area contributed by atoms with Gasteiger partial charge in [-0.1, -0.05) is 0 Å². The van der Waals surface area contributed by atoms with Gasteiger partial charge in [0.05, 0.1) is 26.4 Å². The van der Waals surface area contributed by atoms with Crippen molar-refractivity contribution in [1.29, 1.82) is 0 Å². The molecule has 10 heteroatoms. The van der Waals surface area contributed by atoms with Gasteiger partial charge in [0.25, 0.3) is 0 Å². The maximum atomic E-state index is 11.3. The number of morpholine rings is 1. The second-order valence-corrected chi connectivity index (χ2v) is 5.64. The van der Waals surface area contributed by atoms with E-state index in [-0.39, 0.29) is 13.2 Å². The molecule has 2 heterocycles. The van der Waals surface area contributed by atoms with Gasteiger partial charge in [-0.05, 0) is 44.7 Å². The van der Waals surface area contributed by atoms with Crippen molar-refractivity contribution in [1.82, 2.24) is 4.90 Å². The third-order valence-corrected chi connectivity index (χ3v) is 3.42. The van der Waals surface area contributed by atoms with Gasteiger partial charge in [-0.15, -0.1) is 0 Å². The monoisotopic (exact) mass is 409 g/mol. The lowest BCUT2D eigenvalue weighted by molar-refractivity contribution is -0.161. The Morgan fingerprint density at radius 3 is 1.63 bits per heavy atom. The van der Waals surface area contributed by atoms with Gasteiger partial charge in [0.2, 0.25) is 0 Å². The molecule has 0 aliphatic carbocycles. The molecule has 0 unspecified atom stereocenters. The Bertz CT molecular complexity index is 450. The molecular weight excluding hydrogens is 382 g/mol. The summed E-state index contributed by atoms with van der Waals surface area (Å²) >= 11 is 4.69. The molecule has 2 aliphatic heterocycles. The molecule has 0 aromatic heterocycles. The number of hydrogen-bond donors (Lipinski definition) is 0. The zero-order chi connectivity index (χ0) is 20.5. The molecule has 2 aliphatic rings. The Morgan fingerprint density at radius 2 is 1.30 bits per heavy atom. The molecule has 0 bridgehead atoms. The number of ether oxygens (including phenoxy) is 4. The molecule has 0 N–H and O–H groups in total. The predicted octanol–water partition coefficient (Wildman–Crippen LogP) is 0.910. The molecule has 0 atom stereocenters. The van der Waals surface area contributed by atoms with E-state index in [0.717, 1.165) is 13.2 Å². The first-order valence-corrected chi connectivity index (χ1v) is 9.29. The van der Waals surface area contributed by atoms with Crippen molar-refractivity contribution in [3.63, 3.8) is 0 Å². The molecule has 0 saturated carbocycles. The van der Waals surface area contributed by atoms with Gasteiger partial charge in [0.15, 0.2) is 0 Å². The van der Waals surface area contributed by atoms with Gasteiger partial charge >= 0.3 is 23.1 Å². The van der Waals surface area contributed by atoms with Crippen LogP contribution in [0.5, 0.6) is 0 Å². The van der Waals surface area contributed by atoms with Gasteiger partial charge in [0.1, 0.15) is 0 Å². The van der Waals surface area contributed by atoms with Gasteiger partial charge in [-0.25, -0.2) is 9.59 Å². The second kappa shape index (κ2) is 16.5. The summed E-state index contributed by atoms with van der Waals surface area (Å²) in [5, 5.41) is -1.08. The highest BCUT2D eigenvalue weighted by Gasteiger charge is 2.24. The SMILES string of the molecule is C1CCOCC1.CCOC(=O)C(=O)Cl.CCOC(=O)C(=O)N1CCOCC1. The van der Waals surface area contributed by atoms with E-state index in [1.165, 1.54) is 24.2 Å².